The minimum Gasteiger partial charge on any atom is -0.489 e. The predicted molar refractivity (Wildman–Crippen MR) is 127 cm³/mol. The highest BCUT2D eigenvalue weighted by Gasteiger charge is 2.19. The number of pyridine rings is 1. The Bertz CT molecular complexity index is 1050. The molecule has 9 nitrogen and oxygen atoms in total. The molecule has 0 spiro atoms. The molecule has 32 heavy (non-hydrogen) atoms. The molecular weight excluding hydrogens is 406 g/mol. The van der Waals surface area contributed by atoms with Crippen molar-refractivity contribution in [1.29, 1.82) is 5.41 Å². The molecule has 0 saturated carbocycles. The number of nitrogens with two attached hydrogens (primary N) is 1. The highest BCUT2D eigenvalue weighted by molar-refractivity contribution is 6.22. The smallest absolute Gasteiger partial charge is 0.175 e. The third kappa shape index (κ3) is 5.17. The second kappa shape index (κ2) is 10.4. The molecule has 0 amide bonds. The summed E-state index contributed by atoms with van der Waals surface area (Å²) in [7, 11) is 0. The van der Waals surface area contributed by atoms with E-state index in [9.17, 15) is 0 Å². The van der Waals surface area contributed by atoms with Crippen LogP contribution in [0, 0.1) is 5.41 Å². The number of hydrogen-bond donors (Lipinski definition) is 4. The average molecular weight is 438 g/mol. The molecule has 1 aliphatic carbocycles. The summed E-state index contributed by atoms with van der Waals surface area (Å²) >= 11 is 0. The first-order valence-corrected chi connectivity index (χ1v) is 11.2. The van der Waals surface area contributed by atoms with Gasteiger partial charge in [0.1, 0.15) is 18.1 Å². The fourth-order valence-corrected chi connectivity index (χ4v) is 3.99. The number of rotatable bonds is 9. The summed E-state index contributed by atoms with van der Waals surface area (Å²) in [6.07, 6.45) is 10.0. The van der Waals surface area contributed by atoms with Crippen molar-refractivity contribution in [2.45, 2.75) is 25.7 Å². The van der Waals surface area contributed by atoms with Gasteiger partial charge in [0.2, 0.25) is 0 Å². The number of nitrogens with zero attached hydrogens (tertiary/aromatic N) is 4. The van der Waals surface area contributed by atoms with Crippen LogP contribution in [0.15, 0.2) is 53.0 Å². The molecule has 170 valence electrons. The molecule has 2 aliphatic rings. The maximum Gasteiger partial charge on any atom is 0.175 e. The van der Waals surface area contributed by atoms with E-state index in [1.807, 2.05) is 24.4 Å². The zero-order valence-electron chi connectivity index (χ0n) is 18.3. The third-order valence-corrected chi connectivity index (χ3v) is 5.62. The largest absolute Gasteiger partial charge is 0.489 e. The Morgan fingerprint density at radius 3 is 2.88 bits per heavy atom. The molecule has 1 fully saturated rings. The van der Waals surface area contributed by atoms with E-state index in [0.29, 0.717) is 28.7 Å². The molecular formula is C23H31N7O2. The second-order valence-electron chi connectivity index (χ2n) is 8.00. The van der Waals surface area contributed by atoms with Crippen LogP contribution in [0.2, 0.25) is 0 Å². The molecule has 0 unspecified atom stereocenters. The number of piperidine rings is 1. The molecule has 1 aliphatic heterocycles. The Hall–Kier alpha value is -3.17. The van der Waals surface area contributed by atoms with Gasteiger partial charge < -0.3 is 25.8 Å². The Morgan fingerprint density at radius 2 is 2.06 bits per heavy atom. The van der Waals surface area contributed by atoms with Crippen molar-refractivity contribution in [1.82, 2.24) is 14.5 Å². The van der Waals surface area contributed by atoms with Gasteiger partial charge in [0, 0.05) is 18.8 Å². The van der Waals surface area contributed by atoms with E-state index >= 15 is 0 Å². The lowest BCUT2D eigenvalue weighted by molar-refractivity contribution is 0.156. The topological polar surface area (TPSA) is 124 Å². The standard InChI is InChI=1S/C23H31N7O2/c24-17-15-18(25)21(32-14-13-31)16-19(17)27-22-20-7-2-5-12-30(20)28-23(22)26-8-6-11-29-9-3-1-4-10-29/h2,5,7,12,15-16,25,31H,1,3-4,6,8-11,13-14,24H2,(H,26,28)/b25-18?,27-19+. The number of aliphatic imine (C=N–C) groups is 1. The average Bonchev–Trinajstić information content (AvgIpc) is 3.15. The van der Waals surface area contributed by atoms with Crippen LogP contribution in [0.25, 0.3) is 5.52 Å². The van der Waals surface area contributed by atoms with Crippen LogP contribution in [0.4, 0.5) is 11.5 Å². The predicted octanol–water partition coefficient (Wildman–Crippen LogP) is 2.46. The molecule has 3 heterocycles. The summed E-state index contributed by atoms with van der Waals surface area (Å²) in [6.45, 7) is 4.25. The molecule has 2 aromatic rings. The Kier molecular flexibility index (Phi) is 7.18. The first-order valence-electron chi connectivity index (χ1n) is 11.2. The minimum atomic E-state index is -0.129. The summed E-state index contributed by atoms with van der Waals surface area (Å²) in [6, 6.07) is 5.83. The lowest BCUT2D eigenvalue weighted by atomic mass is 10.1. The number of aliphatic hydroxyl groups excluding tert-OH is 1. The van der Waals surface area contributed by atoms with Crippen LogP contribution in [-0.2, 0) is 4.74 Å². The van der Waals surface area contributed by atoms with Crippen molar-refractivity contribution in [3.8, 4) is 0 Å². The van der Waals surface area contributed by atoms with Crippen LogP contribution in [0.5, 0.6) is 0 Å². The zero-order chi connectivity index (χ0) is 22.3. The number of anilines is 1. The summed E-state index contributed by atoms with van der Waals surface area (Å²) in [5.41, 5.74) is 8.77. The maximum absolute atomic E-state index is 9.03. The van der Waals surface area contributed by atoms with Gasteiger partial charge in [0.05, 0.1) is 29.2 Å². The summed E-state index contributed by atoms with van der Waals surface area (Å²) in [5, 5.41) is 25.2. The van der Waals surface area contributed by atoms with Crippen molar-refractivity contribution >= 4 is 28.4 Å². The molecule has 2 aromatic heterocycles. The van der Waals surface area contributed by atoms with Gasteiger partial charge in [0.15, 0.2) is 5.82 Å². The highest BCUT2D eigenvalue weighted by Crippen LogP contribution is 2.31. The number of allylic oxidation sites excluding steroid dienone is 2. The number of aliphatic hydroxyl groups is 1. The zero-order valence-corrected chi connectivity index (χ0v) is 18.3. The van der Waals surface area contributed by atoms with Gasteiger partial charge in [-0.2, -0.15) is 0 Å². The van der Waals surface area contributed by atoms with Crippen LogP contribution >= 0.6 is 0 Å². The molecule has 0 bridgehead atoms. The van der Waals surface area contributed by atoms with Crippen molar-refractivity contribution < 1.29 is 9.84 Å². The van der Waals surface area contributed by atoms with Crippen molar-refractivity contribution in [2.24, 2.45) is 10.7 Å². The minimum absolute atomic E-state index is 0.107. The number of aromatic nitrogens is 2. The fourth-order valence-electron chi connectivity index (χ4n) is 3.99. The van der Waals surface area contributed by atoms with Crippen LogP contribution in [0.1, 0.15) is 25.7 Å². The second-order valence-corrected chi connectivity index (χ2v) is 8.00. The number of likely N-dealkylation sites (tertiary alicyclic amines) is 1. The molecule has 0 atom stereocenters. The number of hydrogen-bond acceptors (Lipinski definition) is 8. The lowest BCUT2D eigenvalue weighted by Crippen LogP contribution is -2.31. The van der Waals surface area contributed by atoms with Crippen LogP contribution in [0.3, 0.4) is 0 Å². The maximum atomic E-state index is 9.03. The summed E-state index contributed by atoms with van der Waals surface area (Å²) in [4.78, 5) is 7.33. The number of fused-ring (bicyclic) bond motifs is 1. The number of nitrogens with one attached hydrogen (secondary N) is 2. The van der Waals surface area contributed by atoms with Crippen molar-refractivity contribution in [3.05, 3.63) is 48.0 Å². The molecule has 0 aromatic carbocycles. The number of ether oxygens (including phenoxy) is 1. The van der Waals surface area contributed by atoms with Gasteiger partial charge in [-0.1, -0.05) is 12.5 Å². The van der Waals surface area contributed by atoms with Crippen LogP contribution < -0.4 is 11.1 Å². The van der Waals surface area contributed by atoms with Gasteiger partial charge in [0.25, 0.3) is 0 Å². The first kappa shape index (κ1) is 22.0. The van der Waals surface area contributed by atoms with Gasteiger partial charge in [-0.15, -0.1) is 5.10 Å². The van der Waals surface area contributed by atoms with Crippen LogP contribution in [-0.4, -0.2) is 70.4 Å². The van der Waals surface area contributed by atoms with Crippen molar-refractivity contribution in [2.75, 3.05) is 44.7 Å². The van der Waals surface area contributed by atoms with Crippen molar-refractivity contribution in [3.63, 3.8) is 0 Å². The van der Waals surface area contributed by atoms with Gasteiger partial charge in [-0.3, -0.25) is 5.41 Å². The summed E-state index contributed by atoms with van der Waals surface area (Å²) in [5.74, 6) is 1.03. The molecule has 9 heteroatoms. The Morgan fingerprint density at radius 1 is 1.22 bits per heavy atom. The third-order valence-electron chi connectivity index (χ3n) is 5.62. The summed E-state index contributed by atoms with van der Waals surface area (Å²) < 4.78 is 7.26. The normalized spacial score (nSPS) is 18.7. The van der Waals surface area contributed by atoms with E-state index in [1.54, 1.807) is 10.6 Å². The molecule has 5 N–H and O–H groups in total. The van der Waals surface area contributed by atoms with Gasteiger partial charge >= 0.3 is 0 Å². The Balaban J connectivity index is 1.55. The monoisotopic (exact) mass is 437 g/mol. The quantitative estimate of drug-likeness (QED) is 0.353. The van der Waals surface area contributed by atoms with Gasteiger partial charge in [-0.25, -0.2) is 9.51 Å². The van der Waals surface area contributed by atoms with E-state index in [4.69, 9.17) is 26.0 Å². The van der Waals surface area contributed by atoms with E-state index < -0.39 is 0 Å². The molecule has 0 radical (unpaired) electrons. The lowest BCUT2D eigenvalue weighted by Gasteiger charge is -2.26. The molecule has 4 rings (SSSR count). The van der Waals surface area contributed by atoms with E-state index in [1.165, 1.54) is 38.4 Å². The molecule has 1 saturated heterocycles. The van der Waals surface area contributed by atoms with E-state index in [2.05, 4.69) is 15.3 Å². The highest BCUT2D eigenvalue weighted by atomic mass is 16.5. The SMILES string of the molecule is N=C1C=C(N)/C(=N/c2c(NCCCN3CCCCC3)nn3ccccc23)C=C1OCCO. The fraction of sp³-hybridized carbons (Fsp3) is 0.435. The van der Waals surface area contributed by atoms with E-state index in [0.717, 1.165) is 25.0 Å². The van der Waals surface area contributed by atoms with Gasteiger partial charge in [-0.05, 0) is 57.1 Å². The Labute approximate surface area is 187 Å². The first-order chi connectivity index (χ1) is 15.7. The van der Waals surface area contributed by atoms with E-state index in [-0.39, 0.29) is 18.9 Å².